The normalized spacial score (nSPS) is 17.2. The predicted molar refractivity (Wildman–Crippen MR) is 107 cm³/mol. The van der Waals surface area contributed by atoms with Gasteiger partial charge in [-0.1, -0.05) is 0 Å². The van der Waals surface area contributed by atoms with Gasteiger partial charge in [0.1, 0.15) is 12.4 Å². The number of hydrogen-bond donors (Lipinski definition) is 2. The van der Waals surface area contributed by atoms with E-state index >= 15 is 0 Å². The SMILES string of the molecule is CCNC(=NCCCCC(F)(F)F)NC1CCc2nc(COC)nn2C1.I. The first-order valence-electron chi connectivity index (χ1n) is 8.94. The van der Waals surface area contributed by atoms with E-state index in [0.717, 1.165) is 18.7 Å². The molecule has 2 N–H and O–H groups in total. The van der Waals surface area contributed by atoms with Crippen LogP contribution in [0.2, 0.25) is 0 Å². The van der Waals surface area contributed by atoms with E-state index in [1.165, 1.54) is 0 Å². The first kappa shape index (κ1) is 23.9. The van der Waals surface area contributed by atoms with Crippen molar-refractivity contribution in [2.24, 2.45) is 4.99 Å². The number of aromatic nitrogens is 3. The quantitative estimate of drug-likeness (QED) is 0.247. The van der Waals surface area contributed by atoms with Crippen LogP contribution in [0.4, 0.5) is 13.2 Å². The van der Waals surface area contributed by atoms with Gasteiger partial charge in [-0.2, -0.15) is 18.3 Å². The topological polar surface area (TPSA) is 76.4 Å². The predicted octanol–water partition coefficient (Wildman–Crippen LogP) is 2.65. The number of unbranched alkanes of at least 4 members (excludes halogenated alkanes) is 1. The average Bonchev–Trinajstić information content (AvgIpc) is 2.95. The lowest BCUT2D eigenvalue weighted by Gasteiger charge is -2.25. The summed E-state index contributed by atoms with van der Waals surface area (Å²) >= 11 is 0. The van der Waals surface area contributed by atoms with Crippen molar-refractivity contribution in [1.29, 1.82) is 0 Å². The van der Waals surface area contributed by atoms with Gasteiger partial charge in [-0.3, -0.25) is 4.99 Å². The molecule has 2 rings (SSSR count). The molecule has 1 aliphatic rings. The van der Waals surface area contributed by atoms with Gasteiger partial charge in [-0.15, -0.1) is 24.0 Å². The fourth-order valence-corrected chi connectivity index (χ4v) is 2.81. The number of hydrogen-bond acceptors (Lipinski definition) is 4. The van der Waals surface area contributed by atoms with Crippen molar-refractivity contribution in [2.45, 2.75) is 64.4 Å². The minimum absolute atomic E-state index is 0. The third kappa shape index (κ3) is 8.62. The highest BCUT2D eigenvalue weighted by atomic mass is 127. The Kier molecular flexibility index (Phi) is 10.3. The largest absolute Gasteiger partial charge is 0.389 e. The summed E-state index contributed by atoms with van der Waals surface area (Å²) in [5.74, 6) is 2.25. The number of guanidine groups is 1. The number of rotatable bonds is 8. The molecule has 1 aliphatic heterocycles. The molecule has 0 radical (unpaired) electrons. The second-order valence-corrected chi connectivity index (χ2v) is 6.27. The van der Waals surface area contributed by atoms with Crippen LogP contribution in [-0.2, 0) is 24.3 Å². The van der Waals surface area contributed by atoms with Gasteiger partial charge < -0.3 is 15.4 Å². The Hall–Kier alpha value is -1.11. The molecule has 0 spiro atoms. The molecule has 0 amide bonds. The molecule has 0 aliphatic carbocycles. The highest BCUT2D eigenvalue weighted by Gasteiger charge is 2.26. The summed E-state index contributed by atoms with van der Waals surface area (Å²) in [7, 11) is 1.61. The summed E-state index contributed by atoms with van der Waals surface area (Å²) in [6.45, 7) is 4.07. The molecule has 11 heteroatoms. The Bertz CT molecular complexity index is 593. The van der Waals surface area contributed by atoms with E-state index in [9.17, 15) is 13.2 Å². The lowest BCUT2D eigenvalue weighted by Crippen LogP contribution is -2.47. The lowest BCUT2D eigenvalue weighted by atomic mass is 10.1. The average molecular weight is 504 g/mol. The Morgan fingerprint density at radius 1 is 1.37 bits per heavy atom. The Labute approximate surface area is 174 Å². The van der Waals surface area contributed by atoms with E-state index in [0.29, 0.717) is 44.4 Å². The van der Waals surface area contributed by atoms with Gasteiger partial charge in [0.25, 0.3) is 0 Å². The third-order valence-electron chi connectivity index (χ3n) is 4.00. The van der Waals surface area contributed by atoms with Crippen LogP contribution in [0.3, 0.4) is 0 Å². The highest BCUT2D eigenvalue weighted by molar-refractivity contribution is 14.0. The molecule has 0 saturated carbocycles. The zero-order chi connectivity index (χ0) is 19.0. The lowest BCUT2D eigenvalue weighted by molar-refractivity contribution is -0.135. The molecule has 0 fully saturated rings. The standard InChI is InChI=1S/C16H27F3N6O.HI/c1-3-20-15(21-9-5-4-8-16(17,18)19)22-12-6-7-14-23-13(11-26-2)24-25(14)10-12;/h12H,3-11H2,1-2H3,(H2,20,21,22);1H. The van der Waals surface area contributed by atoms with Crippen LogP contribution in [0.15, 0.2) is 4.99 Å². The molecule has 1 atom stereocenters. The maximum Gasteiger partial charge on any atom is 0.389 e. The van der Waals surface area contributed by atoms with Crippen molar-refractivity contribution in [2.75, 3.05) is 20.2 Å². The van der Waals surface area contributed by atoms with E-state index in [4.69, 9.17) is 4.74 Å². The molecule has 1 unspecified atom stereocenters. The molecule has 2 heterocycles. The third-order valence-corrected chi connectivity index (χ3v) is 4.00. The monoisotopic (exact) mass is 504 g/mol. The number of nitrogens with one attached hydrogen (secondary N) is 2. The number of halogens is 4. The molecule has 1 aromatic rings. The Balaban J connectivity index is 0.00000364. The fourth-order valence-electron chi connectivity index (χ4n) is 2.81. The van der Waals surface area contributed by atoms with E-state index in [1.54, 1.807) is 7.11 Å². The van der Waals surface area contributed by atoms with Gasteiger partial charge in [0, 0.05) is 39.1 Å². The Morgan fingerprint density at radius 3 is 2.81 bits per heavy atom. The second-order valence-electron chi connectivity index (χ2n) is 6.27. The minimum Gasteiger partial charge on any atom is -0.377 e. The first-order chi connectivity index (χ1) is 12.4. The van der Waals surface area contributed by atoms with Gasteiger partial charge in [0.15, 0.2) is 11.8 Å². The summed E-state index contributed by atoms with van der Waals surface area (Å²) in [5, 5.41) is 10.9. The molecular formula is C16H28F3IN6O. The number of methoxy groups -OCH3 is 1. The molecule has 0 bridgehead atoms. The van der Waals surface area contributed by atoms with Crippen molar-refractivity contribution in [3.8, 4) is 0 Å². The molecular weight excluding hydrogens is 476 g/mol. The van der Waals surface area contributed by atoms with E-state index in [1.807, 2.05) is 11.6 Å². The van der Waals surface area contributed by atoms with Crippen LogP contribution in [0.25, 0.3) is 0 Å². The van der Waals surface area contributed by atoms with Gasteiger partial charge in [0.2, 0.25) is 0 Å². The molecule has 0 aromatic carbocycles. The zero-order valence-electron chi connectivity index (χ0n) is 15.7. The number of alkyl halides is 3. The highest BCUT2D eigenvalue weighted by Crippen LogP contribution is 2.22. The van der Waals surface area contributed by atoms with E-state index in [-0.39, 0.29) is 36.4 Å². The maximum absolute atomic E-state index is 12.2. The molecule has 0 saturated heterocycles. The van der Waals surface area contributed by atoms with E-state index in [2.05, 4.69) is 25.7 Å². The zero-order valence-corrected chi connectivity index (χ0v) is 18.0. The van der Waals surface area contributed by atoms with Crippen molar-refractivity contribution < 1.29 is 17.9 Å². The van der Waals surface area contributed by atoms with Crippen LogP contribution in [0.5, 0.6) is 0 Å². The van der Waals surface area contributed by atoms with Gasteiger partial charge >= 0.3 is 6.18 Å². The van der Waals surface area contributed by atoms with Crippen LogP contribution in [-0.4, -0.2) is 53.1 Å². The van der Waals surface area contributed by atoms with Crippen molar-refractivity contribution in [3.05, 3.63) is 11.6 Å². The van der Waals surface area contributed by atoms with Crippen molar-refractivity contribution in [3.63, 3.8) is 0 Å². The molecule has 1 aromatic heterocycles. The Morgan fingerprint density at radius 2 is 2.15 bits per heavy atom. The maximum atomic E-state index is 12.2. The summed E-state index contributed by atoms with van der Waals surface area (Å²) in [4.78, 5) is 8.82. The van der Waals surface area contributed by atoms with E-state index < -0.39 is 12.6 Å². The summed E-state index contributed by atoms with van der Waals surface area (Å²) < 4.78 is 43.4. The minimum atomic E-state index is -4.09. The van der Waals surface area contributed by atoms with Gasteiger partial charge in [0.05, 0.1) is 6.54 Å². The van der Waals surface area contributed by atoms with Crippen LogP contribution >= 0.6 is 24.0 Å². The summed E-state index contributed by atoms with van der Waals surface area (Å²) in [6.07, 6.45) is -2.64. The summed E-state index contributed by atoms with van der Waals surface area (Å²) in [5.41, 5.74) is 0. The van der Waals surface area contributed by atoms with Gasteiger partial charge in [-0.05, 0) is 26.2 Å². The summed E-state index contributed by atoms with van der Waals surface area (Å²) in [6, 6.07) is 0.146. The van der Waals surface area contributed by atoms with Crippen molar-refractivity contribution >= 4 is 29.9 Å². The van der Waals surface area contributed by atoms with Crippen LogP contribution < -0.4 is 10.6 Å². The molecule has 156 valence electrons. The van der Waals surface area contributed by atoms with Crippen LogP contribution in [0.1, 0.15) is 44.3 Å². The fraction of sp³-hybridized carbons (Fsp3) is 0.812. The van der Waals surface area contributed by atoms with Gasteiger partial charge in [-0.25, -0.2) is 9.67 Å². The van der Waals surface area contributed by atoms with Crippen molar-refractivity contribution in [1.82, 2.24) is 25.4 Å². The number of ether oxygens (including phenoxy) is 1. The number of nitrogens with zero attached hydrogens (tertiary/aromatic N) is 4. The molecule has 7 nitrogen and oxygen atoms in total. The number of fused-ring (bicyclic) bond motifs is 1. The smallest absolute Gasteiger partial charge is 0.377 e. The first-order valence-corrected chi connectivity index (χ1v) is 8.94. The molecule has 27 heavy (non-hydrogen) atoms. The second kappa shape index (κ2) is 11.7. The number of aryl methyl sites for hydroxylation is 1. The number of aliphatic imine (C=N–C) groups is 1. The van der Waals surface area contributed by atoms with Crippen LogP contribution in [0, 0.1) is 0 Å².